The Balaban J connectivity index is 2.20. The largest absolute Gasteiger partial charge is 0.432 e. The molecule has 0 saturated carbocycles. The first-order chi connectivity index (χ1) is 11.8. The van der Waals surface area contributed by atoms with Crippen LogP contribution in [0.25, 0.3) is 0 Å². The quantitative estimate of drug-likeness (QED) is 0.610. The van der Waals surface area contributed by atoms with E-state index in [1.165, 1.54) is 23.1 Å². The van der Waals surface area contributed by atoms with Crippen LogP contribution in [0.3, 0.4) is 0 Å². The summed E-state index contributed by atoms with van der Waals surface area (Å²) in [5.41, 5.74) is -1.26. The van der Waals surface area contributed by atoms with E-state index in [9.17, 15) is 22.4 Å². The summed E-state index contributed by atoms with van der Waals surface area (Å²) in [7, 11) is 0. The van der Waals surface area contributed by atoms with E-state index < -0.39 is 23.6 Å². The molecule has 1 heterocycles. The van der Waals surface area contributed by atoms with E-state index >= 15 is 0 Å². The van der Waals surface area contributed by atoms with Gasteiger partial charge in [0, 0.05) is 31.3 Å². The summed E-state index contributed by atoms with van der Waals surface area (Å²) in [4.78, 5) is 13.7. The van der Waals surface area contributed by atoms with Crippen molar-refractivity contribution in [3.63, 3.8) is 0 Å². The summed E-state index contributed by atoms with van der Waals surface area (Å²) in [6.45, 7) is 2.35. The smallest absolute Gasteiger partial charge is 0.380 e. The van der Waals surface area contributed by atoms with Gasteiger partial charge in [-0.05, 0) is 13.0 Å². The number of alkyl halides is 3. The molecule has 0 unspecified atom stereocenters. The Labute approximate surface area is 141 Å². The fraction of sp³-hybridized carbons (Fsp3) is 0.375. The van der Waals surface area contributed by atoms with Gasteiger partial charge in [0.25, 0.3) is 5.91 Å². The second-order valence-electron chi connectivity index (χ2n) is 5.18. The van der Waals surface area contributed by atoms with Crippen molar-refractivity contribution in [1.82, 2.24) is 15.1 Å². The Kier molecular flexibility index (Phi) is 6.13. The zero-order valence-electron chi connectivity index (χ0n) is 13.4. The lowest BCUT2D eigenvalue weighted by atomic mass is 10.2. The molecule has 136 valence electrons. The summed E-state index contributed by atoms with van der Waals surface area (Å²) in [5.74, 6) is -1.25. The van der Waals surface area contributed by atoms with Gasteiger partial charge < -0.3 is 9.64 Å². The molecule has 5 nitrogen and oxygen atoms in total. The van der Waals surface area contributed by atoms with Gasteiger partial charge in [0.2, 0.25) is 0 Å². The highest BCUT2D eigenvalue weighted by Crippen LogP contribution is 2.28. The maximum absolute atomic E-state index is 13.8. The van der Waals surface area contributed by atoms with Crippen LogP contribution < -0.4 is 0 Å². The maximum atomic E-state index is 13.8. The third kappa shape index (κ3) is 5.02. The van der Waals surface area contributed by atoms with Crippen LogP contribution in [0.4, 0.5) is 17.6 Å². The van der Waals surface area contributed by atoms with Gasteiger partial charge in [0.05, 0.1) is 6.61 Å². The SMILES string of the molecule is CCOCCN(Cc1ccccc1F)C(=O)c1cc(C(F)(F)F)[nH]n1. The Morgan fingerprint density at radius 3 is 2.64 bits per heavy atom. The summed E-state index contributed by atoms with van der Waals surface area (Å²) >= 11 is 0. The molecule has 0 atom stereocenters. The van der Waals surface area contributed by atoms with Crippen LogP contribution in [-0.2, 0) is 17.5 Å². The summed E-state index contributed by atoms with van der Waals surface area (Å²) in [6.07, 6.45) is -4.63. The minimum atomic E-state index is -4.63. The number of nitrogens with one attached hydrogen (secondary N) is 1. The van der Waals surface area contributed by atoms with E-state index in [1.54, 1.807) is 18.1 Å². The third-order valence-corrected chi connectivity index (χ3v) is 3.42. The first-order valence-corrected chi connectivity index (χ1v) is 7.56. The summed E-state index contributed by atoms with van der Waals surface area (Å²) < 4.78 is 57.0. The summed E-state index contributed by atoms with van der Waals surface area (Å²) in [5, 5.41) is 5.22. The highest BCUT2D eigenvalue weighted by atomic mass is 19.4. The molecular weight excluding hydrogens is 342 g/mol. The molecule has 1 amide bonds. The Morgan fingerprint density at radius 1 is 1.32 bits per heavy atom. The highest BCUT2D eigenvalue weighted by molar-refractivity contribution is 5.92. The predicted octanol–water partition coefficient (Wildman–Crippen LogP) is 3.25. The number of carbonyl (C=O) groups excluding carboxylic acids is 1. The van der Waals surface area contributed by atoms with Crippen LogP contribution in [0.2, 0.25) is 0 Å². The van der Waals surface area contributed by atoms with E-state index in [4.69, 9.17) is 4.74 Å². The van der Waals surface area contributed by atoms with Crippen molar-refractivity contribution >= 4 is 5.91 Å². The lowest BCUT2D eigenvalue weighted by molar-refractivity contribution is -0.141. The highest BCUT2D eigenvalue weighted by Gasteiger charge is 2.34. The van der Waals surface area contributed by atoms with Crippen LogP contribution in [0, 0.1) is 5.82 Å². The average molecular weight is 359 g/mol. The van der Waals surface area contributed by atoms with Gasteiger partial charge in [-0.1, -0.05) is 18.2 Å². The number of aromatic nitrogens is 2. The molecule has 0 fully saturated rings. The van der Waals surface area contributed by atoms with Crippen molar-refractivity contribution in [2.24, 2.45) is 0 Å². The molecule has 1 aromatic carbocycles. The van der Waals surface area contributed by atoms with Crippen molar-refractivity contribution in [2.45, 2.75) is 19.6 Å². The van der Waals surface area contributed by atoms with Crippen LogP contribution in [0.15, 0.2) is 30.3 Å². The number of benzene rings is 1. The second-order valence-corrected chi connectivity index (χ2v) is 5.18. The van der Waals surface area contributed by atoms with Crippen LogP contribution >= 0.6 is 0 Å². The molecule has 0 radical (unpaired) electrons. The van der Waals surface area contributed by atoms with Crippen LogP contribution in [0.1, 0.15) is 28.7 Å². The van der Waals surface area contributed by atoms with Gasteiger partial charge in [0.15, 0.2) is 5.69 Å². The number of nitrogens with zero attached hydrogens (tertiary/aromatic N) is 2. The van der Waals surface area contributed by atoms with Gasteiger partial charge in [-0.3, -0.25) is 9.89 Å². The number of carbonyl (C=O) groups is 1. The number of H-pyrrole nitrogens is 1. The number of aromatic amines is 1. The molecule has 0 bridgehead atoms. The number of rotatable bonds is 7. The van der Waals surface area contributed by atoms with Crippen LogP contribution in [-0.4, -0.2) is 40.8 Å². The average Bonchev–Trinajstić information content (AvgIpc) is 3.05. The van der Waals surface area contributed by atoms with Crippen molar-refractivity contribution in [1.29, 1.82) is 0 Å². The van der Waals surface area contributed by atoms with E-state index in [1.807, 2.05) is 0 Å². The Hall–Kier alpha value is -2.42. The van der Waals surface area contributed by atoms with Gasteiger partial charge >= 0.3 is 6.18 Å². The van der Waals surface area contributed by atoms with Gasteiger partial charge in [-0.15, -0.1) is 0 Å². The summed E-state index contributed by atoms with van der Waals surface area (Å²) in [6, 6.07) is 6.50. The molecule has 0 saturated heterocycles. The third-order valence-electron chi connectivity index (χ3n) is 3.42. The maximum Gasteiger partial charge on any atom is 0.432 e. The van der Waals surface area contributed by atoms with Gasteiger partial charge in [-0.2, -0.15) is 18.3 Å². The molecule has 9 heteroatoms. The molecule has 1 N–H and O–H groups in total. The van der Waals surface area contributed by atoms with Crippen molar-refractivity contribution in [3.05, 3.63) is 53.1 Å². The molecule has 25 heavy (non-hydrogen) atoms. The van der Waals surface area contributed by atoms with Crippen LogP contribution in [0.5, 0.6) is 0 Å². The lowest BCUT2D eigenvalue weighted by Gasteiger charge is -2.22. The zero-order valence-corrected chi connectivity index (χ0v) is 13.4. The molecule has 0 aliphatic carbocycles. The Bertz CT molecular complexity index is 715. The number of hydrogen-bond acceptors (Lipinski definition) is 3. The van der Waals surface area contributed by atoms with E-state index in [0.29, 0.717) is 12.7 Å². The molecule has 0 aliphatic rings. The van der Waals surface area contributed by atoms with E-state index in [2.05, 4.69) is 5.10 Å². The number of amides is 1. The van der Waals surface area contributed by atoms with Crippen molar-refractivity contribution in [3.8, 4) is 0 Å². The van der Waals surface area contributed by atoms with Crippen molar-refractivity contribution in [2.75, 3.05) is 19.8 Å². The first kappa shape index (κ1) is 18.9. The van der Waals surface area contributed by atoms with Crippen molar-refractivity contribution < 1.29 is 27.1 Å². The topological polar surface area (TPSA) is 58.2 Å². The fourth-order valence-electron chi connectivity index (χ4n) is 2.14. The lowest BCUT2D eigenvalue weighted by Crippen LogP contribution is -2.34. The fourth-order valence-corrected chi connectivity index (χ4v) is 2.14. The molecule has 2 aromatic rings. The predicted molar refractivity (Wildman–Crippen MR) is 81.2 cm³/mol. The minimum Gasteiger partial charge on any atom is -0.380 e. The number of hydrogen-bond donors (Lipinski definition) is 1. The molecule has 2 rings (SSSR count). The molecule has 1 aromatic heterocycles. The monoisotopic (exact) mass is 359 g/mol. The zero-order chi connectivity index (χ0) is 18.4. The minimum absolute atomic E-state index is 0.0925. The van der Waals surface area contributed by atoms with Gasteiger partial charge in [0.1, 0.15) is 11.5 Å². The molecule has 0 aliphatic heterocycles. The molecule has 0 spiro atoms. The standard InChI is InChI=1S/C16H17F4N3O2/c1-2-25-8-7-23(10-11-5-3-4-6-12(11)17)15(24)13-9-14(22-21-13)16(18,19)20/h3-6,9H,2,7-8,10H2,1H3,(H,21,22). The number of halogens is 4. The van der Waals surface area contributed by atoms with E-state index in [0.717, 1.165) is 0 Å². The normalized spacial score (nSPS) is 11.6. The first-order valence-electron chi connectivity index (χ1n) is 7.56. The Morgan fingerprint density at radius 2 is 2.04 bits per heavy atom. The van der Waals surface area contributed by atoms with E-state index in [-0.39, 0.29) is 31.0 Å². The van der Waals surface area contributed by atoms with Gasteiger partial charge in [-0.25, -0.2) is 4.39 Å². The molecular formula is C16H17F4N3O2. The number of ether oxygens (including phenoxy) is 1. The second kappa shape index (κ2) is 8.11.